The van der Waals surface area contributed by atoms with Gasteiger partial charge in [-0.05, 0) is 31.0 Å². The highest BCUT2D eigenvalue weighted by molar-refractivity contribution is 6.02. The van der Waals surface area contributed by atoms with Gasteiger partial charge in [-0.25, -0.2) is 4.98 Å². The molecule has 35 heavy (non-hydrogen) atoms. The van der Waals surface area contributed by atoms with Crippen LogP contribution in [0.1, 0.15) is 50.7 Å². The Morgan fingerprint density at radius 1 is 1.09 bits per heavy atom. The number of nitrogens with one attached hydrogen (secondary N) is 2. The molecule has 3 aliphatic rings. The van der Waals surface area contributed by atoms with Gasteiger partial charge in [0.2, 0.25) is 11.8 Å². The first-order valence-electron chi connectivity index (χ1n) is 11.9. The van der Waals surface area contributed by atoms with E-state index in [9.17, 15) is 19.5 Å². The van der Waals surface area contributed by atoms with E-state index in [4.69, 9.17) is 4.98 Å². The number of amides is 2. The molecule has 0 aliphatic carbocycles. The molecular weight excluding hydrogens is 446 g/mol. The van der Waals surface area contributed by atoms with Gasteiger partial charge < -0.3 is 10.4 Å². The molecule has 1 aromatic heterocycles. The average Bonchev–Trinajstić information content (AvgIpc) is 3.27. The van der Waals surface area contributed by atoms with Gasteiger partial charge in [-0.1, -0.05) is 44.2 Å². The summed E-state index contributed by atoms with van der Waals surface area (Å²) in [6.07, 6.45) is -0.840. The van der Waals surface area contributed by atoms with Crippen molar-refractivity contribution in [3.05, 3.63) is 70.3 Å². The van der Waals surface area contributed by atoms with E-state index in [0.29, 0.717) is 28.0 Å². The number of hydrogen-bond donors (Lipinski definition) is 3. The van der Waals surface area contributed by atoms with Gasteiger partial charge in [-0.2, -0.15) is 0 Å². The molecule has 3 aromatic rings. The highest BCUT2D eigenvalue weighted by Gasteiger charge is 2.58. The lowest BCUT2D eigenvalue weighted by Gasteiger charge is -2.39. The summed E-state index contributed by atoms with van der Waals surface area (Å²) >= 11 is 0. The second kappa shape index (κ2) is 7.47. The number of aromatic nitrogens is 2. The van der Waals surface area contributed by atoms with Crippen molar-refractivity contribution in [2.45, 2.75) is 57.1 Å². The number of fused-ring (bicyclic) bond motifs is 5. The van der Waals surface area contributed by atoms with Gasteiger partial charge in [0, 0.05) is 12.0 Å². The van der Waals surface area contributed by atoms with Crippen LogP contribution in [0.3, 0.4) is 0 Å². The molecule has 2 amide bonds. The average molecular weight is 474 g/mol. The molecule has 1 saturated heterocycles. The van der Waals surface area contributed by atoms with E-state index in [1.807, 2.05) is 26.0 Å². The molecule has 3 N–H and O–H groups in total. The Kier molecular flexibility index (Phi) is 4.68. The summed E-state index contributed by atoms with van der Waals surface area (Å²) in [5.41, 5.74) is -0.169. The molecule has 9 nitrogen and oxygen atoms in total. The van der Waals surface area contributed by atoms with Crippen molar-refractivity contribution in [2.75, 3.05) is 4.90 Å². The predicted octanol–water partition coefficient (Wildman–Crippen LogP) is 1.71. The Hall–Kier alpha value is -3.56. The zero-order valence-corrected chi connectivity index (χ0v) is 19.7. The van der Waals surface area contributed by atoms with Crippen LogP contribution in [-0.2, 0) is 15.2 Å². The summed E-state index contributed by atoms with van der Waals surface area (Å²) in [5.74, 6) is -0.0162. The molecule has 0 saturated carbocycles. The predicted molar refractivity (Wildman–Crippen MR) is 130 cm³/mol. The third-order valence-corrected chi connectivity index (χ3v) is 7.55. The fourth-order valence-electron chi connectivity index (χ4n) is 5.80. The van der Waals surface area contributed by atoms with Gasteiger partial charge in [0.05, 0.1) is 28.7 Å². The van der Waals surface area contributed by atoms with E-state index >= 15 is 0 Å². The topological polar surface area (TPSA) is 117 Å². The van der Waals surface area contributed by atoms with Crippen LogP contribution in [0.15, 0.2) is 53.3 Å². The van der Waals surface area contributed by atoms with Crippen molar-refractivity contribution >= 4 is 28.4 Å². The monoisotopic (exact) mass is 473 g/mol. The number of para-hydroxylation sites is 2. The molecule has 3 aliphatic heterocycles. The van der Waals surface area contributed by atoms with Crippen molar-refractivity contribution in [2.24, 2.45) is 5.92 Å². The molecule has 6 rings (SSSR count). The number of aliphatic hydroxyl groups is 1. The molecule has 0 bridgehead atoms. The van der Waals surface area contributed by atoms with E-state index in [1.165, 1.54) is 4.57 Å². The number of rotatable bonds is 3. The molecule has 5 atom stereocenters. The maximum atomic E-state index is 13.7. The second-order valence-corrected chi connectivity index (χ2v) is 10.1. The molecule has 180 valence electrons. The van der Waals surface area contributed by atoms with Crippen LogP contribution in [0, 0.1) is 5.92 Å². The van der Waals surface area contributed by atoms with E-state index in [2.05, 4.69) is 10.6 Å². The summed E-state index contributed by atoms with van der Waals surface area (Å²) in [6, 6.07) is 12.3. The van der Waals surface area contributed by atoms with E-state index in [0.717, 1.165) is 0 Å². The Morgan fingerprint density at radius 2 is 1.80 bits per heavy atom. The normalized spacial score (nSPS) is 29.3. The highest BCUT2D eigenvalue weighted by Crippen LogP contribution is 2.49. The third-order valence-electron chi connectivity index (χ3n) is 7.55. The van der Waals surface area contributed by atoms with Crippen LogP contribution < -0.4 is 21.1 Å². The Labute approximate surface area is 201 Å². The van der Waals surface area contributed by atoms with Crippen molar-refractivity contribution in [1.29, 1.82) is 0 Å². The van der Waals surface area contributed by atoms with Crippen molar-refractivity contribution in [3.8, 4) is 0 Å². The lowest BCUT2D eigenvalue weighted by molar-refractivity contribution is -0.130. The fourth-order valence-corrected chi connectivity index (χ4v) is 5.80. The Morgan fingerprint density at radius 3 is 2.57 bits per heavy atom. The first-order valence-corrected chi connectivity index (χ1v) is 11.9. The number of carbonyl (C=O) groups excluding carboxylic acids is 2. The lowest BCUT2D eigenvalue weighted by atomic mass is 9.85. The van der Waals surface area contributed by atoms with E-state index < -0.39 is 29.9 Å². The summed E-state index contributed by atoms with van der Waals surface area (Å²) in [7, 11) is 0. The van der Waals surface area contributed by atoms with Crippen LogP contribution in [0.4, 0.5) is 5.69 Å². The summed E-state index contributed by atoms with van der Waals surface area (Å²) in [6.45, 7) is 5.68. The Balaban J connectivity index is 1.53. The Bertz CT molecular complexity index is 1450. The maximum absolute atomic E-state index is 13.7. The summed E-state index contributed by atoms with van der Waals surface area (Å²) in [4.78, 5) is 46.5. The lowest BCUT2D eigenvalue weighted by Crippen LogP contribution is -2.54. The number of anilines is 1. The number of carbonyl (C=O) groups is 2. The molecular formula is C26H27N5O4. The first-order chi connectivity index (χ1) is 16.7. The van der Waals surface area contributed by atoms with Gasteiger partial charge in [0.25, 0.3) is 5.56 Å². The molecule has 0 radical (unpaired) electrons. The summed E-state index contributed by atoms with van der Waals surface area (Å²) in [5, 5.41) is 18.8. The molecule has 0 unspecified atom stereocenters. The molecule has 0 spiro atoms. The maximum Gasteiger partial charge on any atom is 0.262 e. The fraction of sp³-hybridized carbons (Fsp3) is 0.385. The number of nitrogens with zero attached hydrogens (tertiary/aromatic N) is 3. The second-order valence-electron chi connectivity index (χ2n) is 10.1. The van der Waals surface area contributed by atoms with Crippen LogP contribution in [0.5, 0.6) is 0 Å². The smallest absolute Gasteiger partial charge is 0.262 e. The quantitative estimate of drug-likeness (QED) is 0.533. The first kappa shape index (κ1) is 21.9. The van der Waals surface area contributed by atoms with Crippen molar-refractivity contribution in [3.63, 3.8) is 0 Å². The minimum atomic E-state index is -1.59. The van der Waals surface area contributed by atoms with Crippen LogP contribution in [-0.4, -0.2) is 38.7 Å². The van der Waals surface area contributed by atoms with Crippen molar-refractivity contribution in [1.82, 2.24) is 20.2 Å². The van der Waals surface area contributed by atoms with Gasteiger partial charge in [0.1, 0.15) is 23.6 Å². The van der Waals surface area contributed by atoms with Gasteiger partial charge in [0.15, 0.2) is 0 Å². The number of benzene rings is 2. The van der Waals surface area contributed by atoms with Crippen molar-refractivity contribution < 1.29 is 14.7 Å². The van der Waals surface area contributed by atoms with Gasteiger partial charge in [-0.3, -0.25) is 29.2 Å². The largest absolute Gasteiger partial charge is 0.381 e. The highest BCUT2D eigenvalue weighted by atomic mass is 16.3. The number of hydrogen-bond acceptors (Lipinski definition) is 6. The summed E-state index contributed by atoms with van der Waals surface area (Å²) < 4.78 is 1.45. The standard InChI is InChI=1S/C26H27N5O4/c1-13(2)20-21-28-17-10-6-4-8-15(17)24(34)30(21)19(22(32)29-20)12-26(35)16-9-5-7-11-18(16)31-23(33)14(3)27-25(26)31/h4-11,13-14,19-20,25,27,35H,12H2,1-3H3,(H,29,32)/t14-,19-,20+,25-,26+/m1/s1. The van der Waals surface area contributed by atoms with E-state index in [-0.39, 0.29) is 29.7 Å². The zero-order valence-electron chi connectivity index (χ0n) is 19.7. The molecule has 1 fully saturated rings. The molecule has 9 heteroatoms. The van der Waals surface area contributed by atoms with Crippen LogP contribution >= 0.6 is 0 Å². The minimum Gasteiger partial charge on any atom is -0.381 e. The molecule has 2 aromatic carbocycles. The van der Waals surface area contributed by atoms with Gasteiger partial charge in [-0.15, -0.1) is 0 Å². The zero-order chi connectivity index (χ0) is 24.6. The van der Waals surface area contributed by atoms with E-state index in [1.54, 1.807) is 48.2 Å². The SMILES string of the molecule is CC(C)[C@@H]1NC(=O)[C@@H](C[C@]2(O)c3ccccc3N3C(=O)[C@@H](C)N[C@H]32)n2c1nc1ccccc1c2=O. The van der Waals surface area contributed by atoms with Crippen LogP contribution in [0.2, 0.25) is 0 Å². The third kappa shape index (κ3) is 2.94. The van der Waals surface area contributed by atoms with Crippen LogP contribution in [0.25, 0.3) is 10.9 Å². The van der Waals surface area contributed by atoms with Gasteiger partial charge >= 0.3 is 0 Å². The minimum absolute atomic E-state index is 0.0000307. The molecule has 4 heterocycles.